The number of rotatable bonds is 5. The number of amides is 1. The first-order chi connectivity index (χ1) is 16.0. The number of carbonyl (C=O) groups excluding carboxylic acids is 1. The summed E-state index contributed by atoms with van der Waals surface area (Å²) in [6.07, 6.45) is 0. The maximum Gasteiger partial charge on any atom is 0.358 e. The topological polar surface area (TPSA) is 84.8 Å². The van der Waals surface area contributed by atoms with Crippen LogP contribution in [0.1, 0.15) is 21.5 Å². The zero-order chi connectivity index (χ0) is 22.8. The fourth-order valence-electron chi connectivity index (χ4n) is 3.72. The van der Waals surface area contributed by atoms with Crippen LogP contribution in [-0.2, 0) is 14.4 Å². The molecule has 0 saturated carbocycles. The summed E-state index contributed by atoms with van der Waals surface area (Å²) in [6, 6.07) is 29.8. The SMILES string of the molecule is O=C(Nc1ccc(S(=O)(=O)ON=C2c3ccccc3-c3ccccc32)cc1)c1ccccc1. The maximum absolute atomic E-state index is 12.8. The van der Waals surface area contributed by atoms with Crippen LogP contribution >= 0.6 is 0 Å². The van der Waals surface area contributed by atoms with Crippen molar-refractivity contribution in [3.8, 4) is 11.1 Å². The predicted octanol–water partition coefficient (Wildman–Crippen LogP) is 5.08. The summed E-state index contributed by atoms with van der Waals surface area (Å²) < 4.78 is 30.6. The minimum absolute atomic E-state index is 0.0656. The first kappa shape index (κ1) is 20.7. The van der Waals surface area contributed by atoms with Gasteiger partial charge >= 0.3 is 10.1 Å². The summed E-state index contributed by atoms with van der Waals surface area (Å²) in [5, 5.41) is 6.76. The quantitative estimate of drug-likeness (QED) is 0.376. The minimum atomic E-state index is -4.15. The normalized spacial score (nSPS) is 11.9. The second-order valence-corrected chi connectivity index (χ2v) is 8.93. The monoisotopic (exact) mass is 454 g/mol. The Bertz CT molecular complexity index is 1430. The molecule has 1 aliphatic carbocycles. The molecule has 1 N–H and O–H groups in total. The van der Waals surface area contributed by atoms with Gasteiger partial charge in [0.05, 0.1) is 0 Å². The summed E-state index contributed by atoms with van der Waals surface area (Å²) in [4.78, 5) is 12.2. The van der Waals surface area contributed by atoms with Gasteiger partial charge in [-0.1, -0.05) is 71.9 Å². The van der Waals surface area contributed by atoms with Crippen LogP contribution < -0.4 is 5.32 Å². The highest BCUT2D eigenvalue weighted by atomic mass is 32.2. The zero-order valence-corrected chi connectivity index (χ0v) is 18.1. The molecule has 1 aliphatic rings. The van der Waals surface area contributed by atoms with Gasteiger partial charge in [-0.15, -0.1) is 0 Å². The lowest BCUT2D eigenvalue weighted by Gasteiger charge is -2.07. The Morgan fingerprint density at radius 1 is 0.667 bits per heavy atom. The van der Waals surface area contributed by atoms with Crippen molar-refractivity contribution in [2.75, 3.05) is 5.32 Å². The Hall–Kier alpha value is -4.23. The third-order valence-electron chi connectivity index (χ3n) is 5.32. The summed E-state index contributed by atoms with van der Waals surface area (Å²) in [6.45, 7) is 0. The van der Waals surface area contributed by atoms with Crippen LogP contribution in [0.2, 0.25) is 0 Å². The molecule has 0 unspecified atom stereocenters. The van der Waals surface area contributed by atoms with Gasteiger partial charge in [0, 0.05) is 22.4 Å². The van der Waals surface area contributed by atoms with E-state index < -0.39 is 10.1 Å². The molecule has 33 heavy (non-hydrogen) atoms. The Morgan fingerprint density at radius 3 is 1.76 bits per heavy atom. The van der Waals surface area contributed by atoms with Gasteiger partial charge in [-0.3, -0.25) is 9.08 Å². The van der Waals surface area contributed by atoms with Gasteiger partial charge in [-0.05, 0) is 47.5 Å². The van der Waals surface area contributed by atoms with E-state index in [0.717, 1.165) is 22.3 Å². The van der Waals surface area contributed by atoms with Crippen LogP contribution in [0.25, 0.3) is 11.1 Å². The molecule has 0 radical (unpaired) electrons. The van der Waals surface area contributed by atoms with Gasteiger partial charge in [-0.25, -0.2) is 0 Å². The van der Waals surface area contributed by atoms with Crippen LogP contribution in [0.3, 0.4) is 0 Å². The molecule has 0 aliphatic heterocycles. The van der Waals surface area contributed by atoms with Crippen molar-refractivity contribution >= 4 is 27.4 Å². The minimum Gasteiger partial charge on any atom is -0.322 e. The fourth-order valence-corrected chi connectivity index (χ4v) is 4.45. The number of hydrogen-bond acceptors (Lipinski definition) is 5. The number of oxime groups is 1. The molecule has 0 aromatic heterocycles. The van der Waals surface area contributed by atoms with Gasteiger partial charge in [0.15, 0.2) is 0 Å². The molecule has 0 spiro atoms. The summed E-state index contributed by atoms with van der Waals surface area (Å²) in [7, 11) is -4.15. The van der Waals surface area contributed by atoms with E-state index in [2.05, 4.69) is 10.5 Å². The van der Waals surface area contributed by atoms with Crippen molar-refractivity contribution in [2.24, 2.45) is 5.16 Å². The number of anilines is 1. The molecule has 0 bridgehead atoms. The van der Waals surface area contributed by atoms with E-state index in [1.54, 1.807) is 24.3 Å². The molecular formula is C26H18N2O4S. The van der Waals surface area contributed by atoms with Crippen LogP contribution in [0, 0.1) is 0 Å². The predicted molar refractivity (Wildman–Crippen MR) is 127 cm³/mol. The molecule has 4 aromatic carbocycles. The molecule has 0 fully saturated rings. The van der Waals surface area contributed by atoms with E-state index in [-0.39, 0.29) is 10.8 Å². The van der Waals surface area contributed by atoms with Gasteiger partial charge < -0.3 is 5.32 Å². The lowest BCUT2D eigenvalue weighted by molar-refractivity contribution is 0.102. The van der Waals surface area contributed by atoms with E-state index in [9.17, 15) is 13.2 Å². The van der Waals surface area contributed by atoms with Crippen molar-refractivity contribution in [1.82, 2.24) is 0 Å². The van der Waals surface area contributed by atoms with Crippen molar-refractivity contribution in [3.63, 3.8) is 0 Å². The standard InChI is InChI=1S/C26H18N2O4S/c29-26(18-8-2-1-3-9-18)27-19-14-16-20(17-15-19)33(30,31)32-28-25-23-12-6-4-10-21(23)22-11-5-7-13-24(22)25/h1-17H,(H,27,29). The van der Waals surface area contributed by atoms with E-state index in [1.807, 2.05) is 54.6 Å². The fraction of sp³-hybridized carbons (Fsp3) is 0. The number of benzene rings is 4. The van der Waals surface area contributed by atoms with Gasteiger partial charge in [0.2, 0.25) is 0 Å². The Labute approximate surface area is 191 Å². The Balaban J connectivity index is 1.37. The largest absolute Gasteiger partial charge is 0.358 e. The Kier molecular flexibility index (Phi) is 5.24. The second-order valence-electron chi connectivity index (χ2n) is 7.40. The average molecular weight is 455 g/mol. The lowest BCUT2D eigenvalue weighted by Crippen LogP contribution is -2.12. The highest BCUT2D eigenvalue weighted by molar-refractivity contribution is 7.86. The zero-order valence-electron chi connectivity index (χ0n) is 17.3. The average Bonchev–Trinajstić information content (AvgIpc) is 3.17. The molecular weight excluding hydrogens is 436 g/mol. The Morgan fingerprint density at radius 2 is 1.18 bits per heavy atom. The van der Waals surface area contributed by atoms with E-state index in [1.165, 1.54) is 24.3 Å². The third kappa shape index (κ3) is 4.02. The summed E-state index contributed by atoms with van der Waals surface area (Å²) in [5.41, 5.74) is 5.02. The highest BCUT2D eigenvalue weighted by Crippen LogP contribution is 2.36. The molecule has 7 heteroatoms. The number of carbonyl (C=O) groups is 1. The van der Waals surface area contributed by atoms with Crippen molar-refractivity contribution in [3.05, 3.63) is 120 Å². The third-order valence-corrected chi connectivity index (χ3v) is 6.44. The molecule has 162 valence electrons. The van der Waals surface area contributed by atoms with Crippen molar-refractivity contribution in [2.45, 2.75) is 4.90 Å². The van der Waals surface area contributed by atoms with Crippen LogP contribution in [0.4, 0.5) is 5.69 Å². The summed E-state index contributed by atoms with van der Waals surface area (Å²) >= 11 is 0. The second kappa shape index (κ2) is 8.37. The molecule has 0 heterocycles. The van der Waals surface area contributed by atoms with E-state index in [4.69, 9.17) is 4.28 Å². The van der Waals surface area contributed by atoms with Crippen LogP contribution in [-0.4, -0.2) is 20.0 Å². The number of nitrogens with zero attached hydrogens (tertiary/aromatic N) is 1. The van der Waals surface area contributed by atoms with Gasteiger partial charge in [-0.2, -0.15) is 8.42 Å². The van der Waals surface area contributed by atoms with Gasteiger partial charge in [0.25, 0.3) is 5.91 Å². The first-order valence-corrected chi connectivity index (χ1v) is 11.6. The van der Waals surface area contributed by atoms with Crippen molar-refractivity contribution in [1.29, 1.82) is 0 Å². The van der Waals surface area contributed by atoms with Gasteiger partial charge in [0.1, 0.15) is 10.6 Å². The maximum atomic E-state index is 12.8. The molecule has 6 nitrogen and oxygen atoms in total. The molecule has 0 saturated heterocycles. The highest BCUT2D eigenvalue weighted by Gasteiger charge is 2.26. The van der Waals surface area contributed by atoms with Crippen molar-refractivity contribution < 1.29 is 17.5 Å². The molecule has 5 rings (SSSR count). The smallest absolute Gasteiger partial charge is 0.322 e. The number of fused-ring (bicyclic) bond motifs is 3. The van der Waals surface area contributed by atoms with Crippen LogP contribution in [0.5, 0.6) is 0 Å². The lowest BCUT2D eigenvalue weighted by atomic mass is 10.1. The number of hydrogen-bond donors (Lipinski definition) is 1. The van der Waals surface area contributed by atoms with E-state index >= 15 is 0 Å². The molecule has 0 atom stereocenters. The molecule has 1 amide bonds. The van der Waals surface area contributed by atoms with E-state index in [0.29, 0.717) is 17.0 Å². The first-order valence-electron chi connectivity index (χ1n) is 10.2. The number of nitrogens with one attached hydrogen (secondary N) is 1. The molecule has 4 aromatic rings. The van der Waals surface area contributed by atoms with Crippen LogP contribution in [0.15, 0.2) is 113 Å². The summed E-state index contributed by atoms with van der Waals surface area (Å²) in [5.74, 6) is -0.285.